The number of fused-ring (bicyclic) bond motifs is 1. The van der Waals surface area contributed by atoms with E-state index in [1.165, 1.54) is 31.2 Å². The van der Waals surface area contributed by atoms with Crippen molar-refractivity contribution >= 4 is 5.91 Å². The van der Waals surface area contributed by atoms with Crippen LogP contribution in [0.25, 0.3) is 0 Å². The quantitative estimate of drug-likeness (QED) is 0.853. The van der Waals surface area contributed by atoms with Crippen molar-refractivity contribution in [2.24, 2.45) is 23.5 Å². The lowest BCUT2D eigenvalue weighted by atomic mass is 10.0. The molecule has 4 nitrogen and oxygen atoms in total. The standard InChI is InChI=1S/C22H33N3O/c23-21(18-8-2-1-3-9-18)10-11-24-13-19-15-25(16-20(19)14-24)22(26)12-17-6-4-5-7-17/h1-3,8-9,17,19-21H,4-7,10-16,23H2/t19?,20?,21-/m0/s1. The monoisotopic (exact) mass is 355 g/mol. The normalized spacial score (nSPS) is 27.8. The molecule has 1 aromatic rings. The number of hydrogen-bond donors (Lipinski definition) is 1. The maximum atomic E-state index is 12.6. The third-order valence-electron chi connectivity index (χ3n) is 6.84. The molecule has 0 radical (unpaired) electrons. The van der Waals surface area contributed by atoms with Crippen molar-refractivity contribution in [3.63, 3.8) is 0 Å². The van der Waals surface area contributed by atoms with Gasteiger partial charge in [-0.15, -0.1) is 0 Å². The first-order valence-corrected chi connectivity index (χ1v) is 10.5. The first-order chi connectivity index (χ1) is 12.7. The molecule has 0 spiro atoms. The van der Waals surface area contributed by atoms with E-state index in [4.69, 9.17) is 5.73 Å². The largest absolute Gasteiger partial charge is 0.342 e. The van der Waals surface area contributed by atoms with Crippen LogP contribution in [0.2, 0.25) is 0 Å². The van der Waals surface area contributed by atoms with Crippen molar-refractivity contribution in [3.8, 4) is 0 Å². The van der Waals surface area contributed by atoms with Gasteiger partial charge in [-0.25, -0.2) is 0 Å². The summed E-state index contributed by atoms with van der Waals surface area (Å²) in [5, 5.41) is 0. The lowest BCUT2D eigenvalue weighted by molar-refractivity contribution is -0.131. The van der Waals surface area contributed by atoms with Gasteiger partial charge in [0.2, 0.25) is 5.91 Å². The van der Waals surface area contributed by atoms with E-state index in [0.717, 1.165) is 45.6 Å². The predicted octanol–water partition coefficient (Wildman–Crippen LogP) is 3.05. The van der Waals surface area contributed by atoms with Crippen LogP contribution in [0.15, 0.2) is 30.3 Å². The van der Waals surface area contributed by atoms with E-state index in [-0.39, 0.29) is 6.04 Å². The Hall–Kier alpha value is -1.39. The van der Waals surface area contributed by atoms with Crippen LogP contribution >= 0.6 is 0 Å². The number of amides is 1. The smallest absolute Gasteiger partial charge is 0.222 e. The van der Waals surface area contributed by atoms with Crippen molar-refractivity contribution < 1.29 is 4.79 Å². The minimum absolute atomic E-state index is 0.126. The average molecular weight is 356 g/mol. The molecule has 4 rings (SSSR count). The molecule has 4 heteroatoms. The fourth-order valence-corrected chi connectivity index (χ4v) is 5.26. The highest BCUT2D eigenvalue weighted by Gasteiger charge is 2.41. The zero-order chi connectivity index (χ0) is 17.9. The highest BCUT2D eigenvalue weighted by Crippen LogP contribution is 2.34. The second-order valence-corrected chi connectivity index (χ2v) is 8.74. The number of likely N-dealkylation sites (tertiary alicyclic amines) is 2. The molecular weight excluding hydrogens is 322 g/mol. The number of hydrogen-bond acceptors (Lipinski definition) is 3. The molecule has 2 aliphatic heterocycles. The zero-order valence-corrected chi connectivity index (χ0v) is 15.9. The van der Waals surface area contributed by atoms with Gasteiger partial charge in [0.1, 0.15) is 0 Å². The molecule has 2 unspecified atom stereocenters. The van der Waals surface area contributed by atoms with Gasteiger partial charge in [-0.3, -0.25) is 4.79 Å². The maximum absolute atomic E-state index is 12.6. The van der Waals surface area contributed by atoms with E-state index in [2.05, 4.69) is 34.1 Å². The molecule has 0 bridgehead atoms. The molecule has 2 N–H and O–H groups in total. The SMILES string of the molecule is N[C@@H](CCN1CC2CN(C(=O)CC3CCCC3)CC2C1)c1ccccc1. The van der Waals surface area contributed by atoms with Crippen LogP contribution in [0.3, 0.4) is 0 Å². The van der Waals surface area contributed by atoms with E-state index in [1.807, 2.05) is 6.07 Å². The van der Waals surface area contributed by atoms with Crippen molar-refractivity contribution in [1.29, 1.82) is 0 Å². The summed E-state index contributed by atoms with van der Waals surface area (Å²) < 4.78 is 0. The van der Waals surface area contributed by atoms with Crippen molar-refractivity contribution in [2.45, 2.75) is 44.6 Å². The van der Waals surface area contributed by atoms with Crippen LogP contribution in [0, 0.1) is 17.8 Å². The zero-order valence-electron chi connectivity index (χ0n) is 15.9. The van der Waals surface area contributed by atoms with Crippen molar-refractivity contribution in [3.05, 3.63) is 35.9 Å². The molecule has 1 amide bonds. The number of carbonyl (C=O) groups excluding carboxylic acids is 1. The second kappa shape index (κ2) is 8.10. The van der Waals surface area contributed by atoms with Crippen molar-refractivity contribution in [2.75, 3.05) is 32.7 Å². The molecular formula is C22H33N3O. The topological polar surface area (TPSA) is 49.6 Å². The van der Waals surface area contributed by atoms with Gasteiger partial charge in [-0.2, -0.15) is 0 Å². The fraction of sp³-hybridized carbons (Fsp3) is 0.682. The van der Waals surface area contributed by atoms with E-state index in [0.29, 0.717) is 23.7 Å². The number of benzene rings is 1. The lowest BCUT2D eigenvalue weighted by Gasteiger charge is -2.23. The second-order valence-electron chi connectivity index (χ2n) is 8.74. The first-order valence-electron chi connectivity index (χ1n) is 10.5. The summed E-state index contributed by atoms with van der Waals surface area (Å²) in [4.78, 5) is 17.3. The van der Waals surface area contributed by atoms with Gasteiger partial charge in [0.15, 0.2) is 0 Å². The Morgan fingerprint density at radius 1 is 1.04 bits per heavy atom. The molecule has 0 aromatic heterocycles. The predicted molar refractivity (Wildman–Crippen MR) is 105 cm³/mol. The van der Waals surface area contributed by atoms with Crippen molar-refractivity contribution in [1.82, 2.24) is 9.80 Å². The molecule has 3 aliphatic rings. The summed E-state index contributed by atoms with van der Waals surface area (Å²) in [6, 6.07) is 10.5. The molecule has 142 valence electrons. The van der Waals surface area contributed by atoms with Crippen LogP contribution in [-0.4, -0.2) is 48.4 Å². The summed E-state index contributed by atoms with van der Waals surface area (Å²) in [6.07, 6.45) is 6.99. The van der Waals surface area contributed by atoms with Gasteiger partial charge in [-0.1, -0.05) is 43.2 Å². The molecule has 26 heavy (non-hydrogen) atoms. The molecule has 1 saturated carbocycles. The number of carbonyl (C=O) groups is 1. The molecule has 3 atom stereocenters. The molecule has 1 aliphatic carbocycles. The first kappa shape index (κ1) is 18.0. The molecule has 2 heterocycles. The van der Waals surface area contributed by atoms with Crippen LogP contribution < -0.4 is 5.73 Å². The summed E-state index contributed by atoms with van der Waals surface area (Å²) in [5.41, 5.74) is 7.58. The van der Waals surface area contributed by atoms with Gasteiger partial charge in [0.05, 0.1) is 0 Å². The van der Waals surface area contributed by atoms with Crippen LogP contribution in [0.1, 0.15) is 50.1 Å². The minimum atomic E-state index is 0.126. The Labute approximate surface area is 157 Å². The highest BCUT2D eigenvalue weighted by atomic mass is 16.2. The molecule has 1 aromatic carbocycles. The Kier molecular flexibility index (Phi) is 5.60. The summed E-state index contributed by atoms with van der Waals surface area (Å²) in [6.45, 7) is 5.31. The average Bonchev–Trinajstić information content (AvgIpc) is 3.36. The summed E-state index contributed by atoms with van der Waals surface area (Å²) in [7, 11) is 0. The molecule has 2 saturated heterocycles. The molecule has 3 fully saturated rings. The fourth-order valence-electron chi connectivity index (χ4n) is 5.26. The third kappa shape index (κ3) is 4.12. The minimum Gasteiger partial charge on any atom is -0.342 e. The summed E-state index contributed by atoms with van der Waals surface area (Å²) >= 11 is 0. The Morgan fingerprint density at radius 2 is 1.69 bits per heavy atom. The Bertz CT molecular complexity index is 585. The highest BCUT2D eigenvalue weighted by molar-refractivity contribution is 5.76. The van der Waals surface area contributed by atoms with Gasteiger partial charge in [-0.05, 0) is 49.1 Å². The van der Waals surface area contributed by atoms with Crippen LogP contribution in [0.5, 0.6) is 0 Å². The van der Waals surface area contributed by atoms with Crippen LogP contribution in [0.4, 0.5) is 0 Å². The van der Waals surface area contributed by atoms with Gasteiger partial charge >= 0.3 is 0 Å². The summed E-state index contributed by atoms with van der Waals surface area (Å²) in [5.74, 6) is 2.44. The van der Waals surface area contributed by atoms with Gasteiger partial charge in [0.25, 0.3) is 0 Å². The van der Waals surface area contributed by atoms with Gasteiger partial charge in [0, 0.05) is 38.6 Å². The number of nitrogens with zero attached hydrogens (tertiary/aromatic N) is 2. The van der Waals surface area contributed by atoms with E-state index < -0.39 is 0 Å². The third-order valence-corrected chi connectivity index (χ3v) is 6.84. The number of rotatable bonds is 6. The van der Waals surface area contributed by atoms with E-state index in [9.17, 15) is 4.79 Å². The van der Waals surface area contributed by atoms with Crippen LogP contribution in [-0.2, 0) is 4.79 Å². The maximum Gasteiger partial charge on any atom is 0.222 e. The Morgan fingerprint density at radius 3 is 2.35 bits per heavy atom. The van der Waals surface area contributed by atoms with Gasteiger partial charge < -0.3 is 15.5 Å². The van der Waals surface area contributed by atoms with E-state index in [1.54, 1.807) is 0 Å². The Balaban J connectivity index is 1.20. The number of nitrogens with two attached hydrogens (primary N) is 1. The lowest BCUT2D eigenvalue weighted by Crippen LogP contribution is -2.34. The van der Waals surface area contributed by atoms with E-state index >= 15 is 0 Å².